The zero-order valence-corrected chi connectivity index (χ0v) is 32.3. The van der Waals surface area contributed by atoms with E-state index >= 15 is 0 Å². The summed E-state index contributed by atoms with van der Waals surface area (Å²) in [5, 5.41) is 7.39. The quantitative estimate of drug-likeness (QED) is 0.175. The molecule has 13 aromatic rings. The van der Waals surface area contributed by atoms with Crippen LogP contribution in [0.25, 0.3) is 116 Å². The van der Waals surface area contributed by atoms with E-state index in [0.717, 1.165) is 44.8 Å². The van der Waals surface area contributed by atoms with E-state index in [0.29, 0.717) is 5.89 Å². The summed E-state index contributed by atoms with van der Waals surface area (Å²) < 4.78 is 13.3. The summed E-state index contributed by atoms with van der Waals surface area (Å²) in [6, 6.07) is 74.0. The maximum Gasteiger partial charge on any atom is 0.227 e. The van der Waals surface area contributed by atoms with Crippen molar-refractivity contribution in [2.24, 2.45) is 0 Å². The minimum absolute atomic E-state index is 0.626. The predicted octanol–water partition coefficient (Wildman–Crippen LogP) is 14.5. The van der Waals surface area contributed by atoms with Crippen LogP contribution >= 0.6 is 0 Å². The van der Waals surface area contributed by atoms with Crippen molar-refractivity contribution in [1.29, 1.82) is 0 Å². The number of fused-ring (bicyclic) bond motifs is 11. The first kappa shape index (κ1) is 32.9. The summed E-state index contributed by atoms with van der Waals surface area (Å²) in [6.45, 7) is 0. The minimum atomic E-state index is 0.626. The second-order valence-electron chi connectivity index (χ2n) is 15.6. The molecular weight excluding hydrogens is 733 g/mol. The number of benzene rings is 9. The molecule has 0 spiro atoms. The number of oxazole rings is 1. The van der Waals surface area contributed by atoms with Gasteiger partial charge in [0, 0.05) is 54.9 Å². The first-order chi connectivity index (χ1) is 29.8. The molecule has 13 rings (SSSR count). The number of aromatic nitrogens is 4. The van der Waals surface area contributed by atoms with Gasteiger partial charge in [-0.3, -0.25) is 0 Å². The van der Waals surface area contributed by atoms with Crippen LogP contribution in [0.15, 0.2) is 211 Å². The summed E-state index contributed by atoms with van der Waals surface area (Å²) in [5.74, 6) is 0.626. The molecule has 5 nitrogen and oxygen atoms in total. The molecule has 60 heavy (non-hydrogen) atoms. The van der Waals surface area contributed by atoms with Gasteiger partial charge in [-0.1, -0.05) is 103 Å². The van der Waals surface area contributed by atoms with Crippen molar-refractivity contribution in [3.05, 3.63) is 206 Å². The lowest BCUT2D eigenvalue weighted by Crippen LogP contribution is -1.95. The van der Waals surface area contributed by atoms with Crippen LogP contribution < -0.4 is 0 Å². The standard InChI is InChI=1S/C55H34N4O/c1-3-13-38(14-4-1)58-50-31-26-37(34-45(50)53-51(58)32-29-43-41-17-7-11-21-48(41)59(54(43)53)39-15-5-2-6-16-39)36-25-30-49-44(33-36)42-18-8-10-20-47(42)57(49)40-27-23-35(24-28-40)55-56-46-19-9-12-22-52(46)60-55/h1-34H. The molecular formula is C55H34N4O. The van der Waals surface area contributed by atoms with E-state index in [1.165, 1.54) is 65.5 Å². The van der Waals surface area contributed by atoms with Crippen molar-refractivity contribution in [3.63, 3.8) is 0 Å². The largest absolute Gasteiger partial charge is 0.436 e. The number of para-hydroxylation sites is 6. The number of hydrogen-bond donors (Lipinski definition) is 0. The van der Waals surface area contributed by atoms with Crippen molar-refractivity contribution in [2.75, 3.05) is 0 Å². The summed E-state index contributed by atoms with van der Waals surface area (Å²) >= 11 is 0. The van der Waals surface area contributed by atoms with Gasteiger partial charge in [0.05, 0.1) is 33.1 Å². The Kier molecular flexibility index (Phi) is 6.95. The molecule has 0 aliphatic rings. The normalized spacial score (nSPS) is 12.0. The molecule has 0 fully saturated rings. The lowest BCUT2D eigenvalue weighted by Gasteiger charge is -2.10. The van der Waals surface area contributed by atoms with Crippen LogP contribution in [-0.4, -0.2) is 18.7 Å². The third kappa shape index (κ3) is 4.77. The molecule has 0 aliphatic carbocycles. The van der Waals surface area contributed by atoms with Crippen molar-refractivity contribution < 1.29 is 4.42 Å². The Balaban J connectivity index is 1.02. The molecule has 0 aliphatic heterocycles. The fraction of sp³-hybridized carbons (Fsp3) is 0. The summed E-state index contributed by atoms with van der Waals surface area (Å²) in [7, 11) is 0. The number of hydrogen-bond acceptors (Lipinski definition) is 2. The fourth-order valence-electron chi connectivity index (χ4n) is 9.62. The van der Waals surface area contributed by atoms with Gasteiger partial charge in [0.2, 0.25) is 5.89 Å². The minimum Gasteiger partial charge on any atom is -0.436 e. The summed E-state index contributed by atoms with van der Waals surface area (Å²) in [5.41, 5.74) is 15.4. The lowest BCUT2D eigenvalue weighted by molar-refractivity contribution is 0.620. The highest BCUT2D eigenvalue weighted by molar-refractivity contribution is 6.26. The summed E-state index contributed by atoms with van der Waals surface area (Å²) in [4.78, 5) is 4.73. The molecule has 0 bridgehead atoms. The van der Waals surface area contributed by atoms with Gasteiger partial charge in [0.25, 0.3) is 0 Å². The van der Waals surface area contributed by atoms with E-state index in [1.54, 1.807) is 0 Å². The van der Waals surface area contributed by atoms with Gasteiger partial charge in [-0.25, -0.2) is 4.98 Å². The van der Waals surface area contributed by atoms with Crippen molar-refractivity contribution >= 4 is 76.5 Å². The summed E-state index contributed by atoms with van der Waals surface area (Å²) in [6.07, 6.45) is 0. The van der Waals surface area contributed by atoms with E-state index in [-0.39, 0.29) is 0 Å². The highest BCUT2D eigenvalue weighted by Gasteiger charge is 2.22. The molecule has 0 radical (unpaired) electrons. The average molecular weight is 767 g/mol. The van der Waals surface area contributed by atoms with E-state index in [1.807, 2.05) is 24.3 Å². The Morgan fingerprint density at radius 3 is 1.55 bits per heavy atom. The smallest absolute Gasteiger partial charge is 0.227 e. The second-order valence-corrected chi connectivity index (χ2v) is 15.6. The van der Waals surface area contributed by atoms with Gasteiger partial charge in [-0.2, -0.15) is 0 Å². The van der Waals surface area contributed by atoms with Gasteiger partial charge in [0.1, 0.15) is 5.52 Å². The van der Waals surface area contributed by atoms with Crippen LogP contribution in [0, 0.1) is 0 Å². The van der Waals surface area contributed by atoms with Gasteiger partial charge < -0.3 is 18.1 Å². The maximum absolute atomic E-state index is 6.09. The van der Waals surface area contributed by atoms with E-state index < -0.39 is 0 Å². The van der Waals surface area contributed by atoms with Crippen LogP contribution in [0.1, 0.15) is 0 Å². The highest BCUT2D eigenvalue weighted by Crippen LogP contribution is 2.44. The SMILES string of the molecule is c1ccc(-n2c3ccc(-c4ccc5c(c4)c4ccccc4n5-c4ccc(-c5nc6ccccc6o5)cc4)cc3c3c2ccc2c4ccccc4n(-c4ccccc4)c23)cc1. The maximum atomic E-state index is 6.09. The Morgan fingerprint density at radius 2 is 0.833 bits per heavy atom. The first-order valence-electron chi connectivity index (χ1n) is 20.4. The van der Waals surface area contributed by atoms with Crippen LogP contribution in [-0.2, 0) is 0 Å². The van der Waals surface area contributed by atoms with Crippen molar-refractivity contribution in [2.45, 2.75) is 0 Å². The Bertz CT molecular complexity index is 3780. The monoisotopic (exact) mass is 766 g/mol. The Hall–Kier alpha value is -8.15. The van der Waals surface area contributed by atoms with Crippen LogP contribution in [0.2, 0.25) is 0 Å². The zero-order chi connectivity index (χ0) is 39.3. The topological polar surface area (TPSA) is 40.8 Å². The van der Waals surface area contributed by atoms with Gasteiger partial charge in [0.15, 0.2) is 5.58 Å². The van der Waals surface area contributed by atoms with Gasteiger partial charge in [-0.15, -0.1) is 0 Å². The molecule has 9 aromatic carbocycles. The van der Waals surface area contributed by atoms with E-state index in [4.69, 9.17) is 9.40 Å². The van der Waals surface area contributed by atoms with Crippen molar-refractivity contribution in [1.82, 2.24) is 18.7 Å². The van der Waals surface area contributed by atoms with Gasteiger partial charge in [-0.05, 0) is 114 Å². The number of rotatable bonds is 5. The first-order valence-corrected chi connectivity index (χ1v) is 20.4. The van der Waals surface area contributed by atoms with Crippen LogP contribution in [0.5, 0.6) is 0 Å². The molecule has 0 saturated heterocycles. The molecule has 4 heterocycles. The highest BCUT2D eigenvalue weighted by atomic mass is 16.3. The second kappa shape index (κ2) is 12.7. The van der Waals surface area contributed by atoms with Crippen LogP contribution in [0.4, 0.5) is 0 Å². The molecule has 280 valence electrons. The number of nitrogens with zero attached hydrogens (tertiary/aromatic N) is 4. The third-order valence-corrected chi connectivity index (χ3v) is 12.3. The van der Waals surface area contributed by atoms with Gasteiger partial charge >= 0.3 is 0 Å². The zero-order valence-electron chi connectivity index (χ0n) is 32.3. The predicted molar refractivity (Wildman–Crippen MR) is 248 cm³/mol. The average Bonchev–Trinajstić information content (AvgIpc) is 4.07. The third-order valence-electron chi connectivity index (χ3n) is 12.3. The van der Waals surface area contributed by atoms with E-state index in [9.17, 15) is 0 Å². The molecule has 0 saturated carbocycles. The molecule has 5 heteroatoms. The molecule has 4 aromatic heterocycles. The van der Waals surface area contributed by atoms with Crippen molar-refractivity contribution in [3.8, 4) is 39.6 Å². The van der Waals surface area contributed by atoms with E-state index in [2.05, 4.69) is 196 Å². The Labute approximate surface area is 344 Å². The fourth-order valence-corrected chi connectivity index (χ4v) is 9.62. The Morgan fingerprint density at radius 1 is 0.333 bits per heavy atom. The molecule has 0 amide bonds. The van der Waals surface area contributed by atoms with Crippen LogP contribution in [0.3, 0.4) is 0 Å². The molecule has 0 atom stereocenters. The lowest BCUT2D eigenvalue weighted by atomic mass is 10.00. The molecule has 0 unspecified atom stereocenters. The molecule has 0 N–H and O–H groups in total.